The molecule has 5 amide bonds. The molecule has 1 aliphatic rings. The number of nitrogens with one attached hydrogen (secondary N) is 3. The van der Waals surface area contributed by atoms with Crippen LogP contribution in [-0.4, -0.2) is 88.7 Å². The first-order chi connectivity index (χ1) is 17.3. The minimum atomic E-state index is -1.97. The van der Waals surface area contributed by atoms with Crippen molar-refractivity contribution in [1.82, 2.24) is 16.0 Å². The van der Waals surface area contributed by atoms with Gasteiger partial charge in [-0.2, -0.15) is 0 Å². The Balaban J connectivity index is 2.85. The third kappa shape index (κ3) is 11.5. The van der Waals surface area contributed by atoms with E-state index >= 15 is 0 Å². The first-order valence-corrected chi connectivity index (χ1v) is 12.1. The molecule has 0 bridgehead atoms. The lowest BCUT2D eigenvalue weighted by molar-refractivity contribution is -0.155. The largest absolute Gasteiger partial charge is 0.459 e. The molecule has 0 radical (unpaired) electrons. The minimum Gasteiger partial charge on any atom is -0.459 e. The van der Waals surface area contributed by atoms with Crippen molar-refractivity contribution >= 4 is 35.5 Å². The van der Waals surface area contributed by atoms with Gasteiger partial charge in [0.2, 0.25) is 23.6 Å². The maximum atomic E-state index is 12.9. The second kappa shape index (κ2) is 15.7. The predicted octanol–water partition coefficient (Wildman–Crippen LogP) is -3.84. The molecule has 15 heteroatoms. The lowest BCUT2D eigenvalue weighted by Crippen LogP contribution is -2.58. The van der Waals surface area contributed by atoms with E-state index in [1.165, 1.54) is 6.92 Å². The summed E-state index contributed by atoms with van der Waals surface area (Å²) < 4.78 is 5.31. The molecule has 1 heterocycles. The molecule has 37 heavy (non-hydrogen) atoms. The van der Waals surface area contributed by atoms with Gasteiger partial charge >= 0.3 is 5.97 Å². The molecule has 6 unspecified atom stereocenters. The molecule has 6 atom stereocenters. The summed E-state index contributed by atoms with van der Waals surface area (Å²) in [6, 6.07) is -3.49. The average Bonchev–Trinajstić information content (AvgIpc) is 2.83. The number of piperidine rings is 1. The molecule has 1 fully saturated rings. The number of primary amides is 3. The monoisotopic (exact) mass is 530 g/mol. The zero-order valence-electron chi connectivity index (χ0n) is 20.8. The van der Waals surface area contributed by atoms with E-state index in [1.54, 1.807) is 0 Å². The number of esters is 1. The number of ether oxygens (including phenoxy) is 1. The van der Waals surface area contributed by atoms with Crippen molar-refractivity contribution in [2.45, 2.75) is 94.7 Å². The van der Waals surface area contributed by atoms with Crippen molar-refractivity contribution < 1.29 is 43.7 Å². The van der Waals surface area contributed by atoms with Crippen LogP contribution in [0, 0.1) is 0 Å². The van der Waals surface area contributed by atoms with E-state index in [9.17, 15) is 39.0 Å². The van der Waals surface area contributed by atoms with Gasteiger partial charge in [0.1, 0.15) is 24.2 Å². The van der Waals surface area contributed by atoms with Crippen LogP contribution in [0.4, 0.5) is 0 Å². The second-order valence-electron chi connectivity index (χ2n) is 8.97. The molecule has 0 aromatic carbocycles. The number of nitrogens with two attached hydrogens (primary N) is 3. The summed E-state index contributed by atoms with van der Waals surface area (Å²) in [5.74, 6) is -5.14. The van der Waals surface area contributed by atoms with Crippen LogP contribution in [0.1, 0.15) is 58.3 Å². The number of hydrogen-bond acceptors (Lipinski definition) is 10. The first-order valence-electron chi connectivity index (χ1n) is 12.1. The zero-order valence-corrected chi connectivity index (χ0v) is 20.8. The Kier molecular flexibility index (Phi) is 13.5. The molecule has 11 N–H and O–H groups in total. The maximum absolute atomic E-state index is 12.9. The third-order valence-corrected chi connectivity index (χ3v) is 5.84. The van der Waals surface area contributed by atoms with Gasteiger partial charge in [0.05, 0.1) is 6.10 Å². The van der Waals surface area contributed by atoms with Gasteiger partial charge in [-0.05, 0) is 45.6 Å². The van der Waals surface area contributed by atoms with Gasteiger partial charge < -0.3 is 48.1 Å². The molecule has 1 rings (SSSR count). The summed E-state index contributed by atoms with van der Waals surface area (Å²) in [7, 11) is 0. The van der Waals surface area contributed by atoms with E-state index in [1.807, 2.05) is 0 Å². The van der Waals surface area contributed by atoms with E-state index in [2.05, 4.69) is 16.0 Å². The highest BCUT2D eigenvalue weighted by molar-refractivity contribution is 5.93. The van der Waals surface area contributed by atoms with Crippen LogP contribution in [-0.2, 0) is 33.5 Å². The van der Waals surface area contributed by atoms with E-state index in [-0.39, 0.29) is 32.1 Å². The van der Waals surface area contributed by atoms with Crippen LogP contribution >= 0.6 is 0 Å². The smallest absolute Gasteiger partial charge is 0.323 e. The molecule has 0 saturated carbocycles. The maximum Gasteiger partial charge on any atom is 0.323 e. The number of rotatable bonds is 16. The highest BCUT2D eigenvalue weighted by atomic mass is 16.5. The Bertz CT molecular complexity index is 833. The van der Waals surface area contributed by atoms with E-state index < -0.39 is 71.9 Å². The SMILES string of the molecule is CC(OC(=O)C1CCCCN1)C(NC(=O)C(CCC(N)=O)NC(=O)C(O)C(O)CCCC(N)=O)C(N)=O. The summed E-state index contributed by atoms with van der Waals surface area (Å²) >= 11 is 0. The van der Waals surface area contributed by atoms with E-state index in [0.717, 1.165) is 12.8 Å². The molecule has 0 aliphatic carbocycles. The summed E-state index contributed by atoms with van der Waals surface area (Å²) in [6.07, 6.45) is -3.13. The van der Waals surface area contributed by atoms with Crippen LogP contribution in [0.3, 0.4) is 0 Å². The van der Waals surface area contributed by atoms with Gasteiger partial charge in [0.25, 0.3) is 5.91 Å². The van der Waals surface area contributed by atoms with Crippen molar-refractivity contribution in [3.8, 4) is 0 Å². The minimum absolute atomic E-state index is 0.0664. The van der Waals surface area contributed by atoms with Crippen LogP contribution in [0.25, 0.3) is 0 Å². The van der Waals surface area contributed by atoms with Gasteiger partial charge in [0, 0.05) is 12.8 Å². The Hall–Kier alpha value is -3.30. The van der Waals surface area contributed by atoms with Crippen molar-refractivity contribution in [2.75, 3.05) is 6.54 Å². The lowest BCUT2D eigenvalue weighted by Gasteiger charge is -2.28. The van der Waals surface area contributed by atoms with Gasteiger partial charge in [-0.1, -0.05) is 6.42 Å². The fourth-order valence-corrected chi connectivity index (χ4v) is 3.69. The summed E-state index contributed by atoms with van der Waals surface area (Å²) in [5, 5.41) is 27.6. The summed E-state index contributed by atoms with van der Waals surface area (Å²) in [4.78, 5) is 71.8. The van der Waals surface area contributed by atoms with Gasteiger partial charge in [-0.25, -0.2) is 0 Å². The molecule has 0 spiro atoms. The number of carbonyl (C=O) groups is 6. The number of carbonyl (C=O) groups excluding carboxylic acids is 6. The van der Waals surface area contributed by atoms with Crippen molar-refractivity contribution in [2.24, 2.45) is 17.2 Å². The molecular weight excluding hydrogens is 492 g/mol. The Morgan fingerprint density at radius 1 is 0.946 bits per heavy atom. The van der Waals surface area contributed by atoms with Crippen LogP contribution < -0.4 is 33.2 Å². The number of hydrogen-bond donors (Lipinski definition) is 8. The average molecular weight is 531 g/mol. The van der Waals surface area contributed by atoms with Gasteiger partial charge in [0.15, 0.2) is 6.10 Å². The summed E-state index contributed by atoms with van der Waals surface area (Å²) in [6.45, 7) is 2.00. The summed E-state index contributed by atoms with van der Waals surface area (Å²) in [5.41, 5.74) is 15.5. The quantitative estimate of drug-likeness (QED) is 0.0900. The van der Waals surface area contributed by atoms with E-state index in [4.69, 9.17) is 21.9 Å². The molecule has 210 valence electrons. The topological polar surface area (TPSA) is 266 Å². The Labute approximate surface area is 214 Å². The predicted molar refractivity (Wildman–Crippen MR) is 128 cm³/mol. The second-order valence-corrected chi connectivity index (χ2v) is 8.97. The molecule has 0 aromatic heterocycles. The van der Waals surface area contributed by atoms with E-state index in [0.29, 0.717) is 13.0 Å². The third-order valence-electron chi connectivity index (χ3n) is 5.84. The highest BCUT2D eigenvalue weighted by Gasteiger charge is 2.34. The zero-order chi connectivity index (χ0) is 28.1. The molecule has 15 nitrogen and oxygen atoms in total. The number of aliphatic hydroxyl groups is 2. The first kappa shape index (κ1) is 31.7. The molecule has 0 aromatic rings. The van der Waals surface area contributed by atoms with Crippen molar-refractivity contribution in [3.63, 3.8) is 0 Å². The standard InChI is InChI=1S/C22H38N6O9/c1-11(37-22(36)13-5-2-3-10-26-13)17(19(25)33)28-20(34)12(8-9-16(24)31)27-21(35)18(32)14(29)6-4-7-15(23)30/h11-14,17-18,26,29,32H,2-10H2,1H3,(H2,23,30)(H2,24,31)(H2,25,33)(H,27,35)(H,28,34). The van der Waals surface area contributed by atoms with Crippen molar-refractivity contribution in [1.29, 1.82) is 0 Å². The molecule has 1 aliphatic heterocycles. The Morgan fingerprint density at radius 3 is 2.14 bits per heavy atom. The Morgan fingerprint density at radius 2 is 1.59 bits per heavy atom. The van der Waals surface area contributed by atoms with Gasteiger partial charge in [-0.15, -0.1) is 0 Å². The van der Waals surface area contributed by atoms with Crippen molar-refractivity contribution in [3.05, 3.63) is 0 Å². The normalized spacial score (nSPS) is 19.4. The fraction of sp³-hybridized carbons (Fsp3) is 0.727. The molecular formula is C22H38N6O9. The van der Waals surface area contributed by atoms with Crippen LogP contribution in [0.5, 0.6) is 0 Å². The lowest BCUT2D eigenvalue weighted by atomic mass is 10.0. The van der Waals surface area contributed by atoms with Crippen LogP contribution in [0.2, 0.25) is 0 Å². The van der Waals surface area contributed by atoms with Crippen LogP contribution in [0.15, 0.2) is 0 Å². The number of aliphatic hydroxyl groups excluding tert-OH is 2. The van der Waals surface area contributed by atoms with Gasteiger partial charge in [-0.3, -0.25) is 28.8 Å². The fourth-order valence-electron chi connectivity index (χ4n) is 3.69. The highest BCUT2D eigenvalue weighted by Crippen LogP contribution is 2.11. The molecule has 1 saturated heterocycles. The number of amides is 5.